The Hall–Kier alpha value is -4.26. The average molecular weight is 442 g/mol. The summed E-state index contributed by atoms with van der Waals surface area (Å²) in [6.07, 6.45) is 1.67. The van der Waals surface area contributed by atoms with Gasteiger partial charge in [0.25, 0.3) is 5.91 Å². The number of nitrogens with zero attached hydrogens (tertiary/aromatic N) is 1. The van der Waals surface area contributed by atoms with Crippen LogP contribution in [0.2, 0.25) is 0 Å². The van der Waals surface area contributed by atoms with Crippen molar-refractivity contribution in [3.8, 4) is 28.4 Å². The van der Waals surface area contributed by atoms with Gasteiger partial charge in [0.2, 0.25) is 5.43 Å². The Balaban J connectivity index is 1.69. The van der Waals surface area contributed by atoms with Crippen molar-refractivity contribution in [2.24, 2.45) is 0 Å². The van der Waals surface area contributed by atoms with Crippen LogP contribution in [0.5, 0.6) is 17.2 Å². The van der Waals surface area contributed by atoms with Crippen molar-refractivity contribution in [3.63, 3.8) is 0 Å². The summed E-state index contributed by atoms with van der Waals surface area (Å²) >= 11 is 0. The van der Waals surface area contributed by atoms with Gasteiger partial charge in [0.05, 0.1) is 30.3 Å². The molecule has 1 aliphatic heterocycles. The van der Waals surface area contributed by atoms with Gasteiger partial charge in [-0.15, -0.1) is 0 Å². The minimum atomic E-state index is -0.209. The molecule has 0 atom stereocenters. The fourth-order valence-corrected chi connectivity index (χ4v) is 4.04. The van der Waals surface area contributed by atoms with Crippen molar-refractivity contribution in [2.75, 3.05) is 25.3 Å². The minimum absolute atomic E-state index is 0.0138. The molecular formula is C26H22N2O5. The molecule has 3 aromatic carbocycles. The summed E-state index contributed by atoms with van der Waals surface area (Å²) in [4.78, 5) is 31.5. The second-order valence-corrected chi connectivity index (χ2v) is 7.54. The van der Waals surface area contributed by atoms with Gasteiger partial charge in [0, 0.05) is 23.4 Å². The lowest BCUT2D eigenvalue weighted by molar-refractivity contribution is 0.0975. The number of amides is 1. The number of H-pyrrole nitrogens is 1. The summed E-state index contributed by atoms with van der Waals surface area (Å²) < 4.78 is 17.0. The summed E-state index contributed by atoms with van der Waals surface area (Å²) in [6, 6.07) is 18.0. The minimum Gasteiger partial charge on any atom is -0.497 e. The van der Waals surface area contributed by atoms with E-state index in [-0.39, 0.29) is 18.1 Å². The van der Waals surface area contributed by atoms with E-state index >= 15 is 0 Å². The number of methoxy groups -OCH3 is 1. The molecule has 1 aromatic heterocycles. The van der Waals surface area contributed by atoms with Crippen LogP contribution in [0.1, 0.15) is 17.3 Å². The van der Waals surface area contributed by atoms with E-state index in [0.717, 1.165) is 5.56 Å². The van der Waals surface area contributed by atoms with Gasteiger partial charge in [-0.3, -0.25) is 14.5 Å². The highest BCUT2D eigenvalue weighted by molar-refractivity contribution is 6.10. The number of hydrogen-bond donors (Lipinski definition) is 1. The zero-order valence-electron chi connectivity index (χ0n) is 18.3. The molecule has 0 saturated heterocycles. The Bertz CT molecular complexity index is 1390. The van der Waals surface area contributed by atoms with Crippen LogP contribution in [0.15, 0.2) is 71.7 Å². The molecule has 7 heteroatoms. The van der Waals surface area contributed by atoms with Gasteiger partial charge in [0.1, 0.15) is 11.5 Å². The van der Waals surface area contributed by atoms with E-state index < -0.39 is 0 Å². The number of pyridine rings is 1. The highest BCUT2D eigenvalue weighted by Gasteiger charge is 2.32. The molecule has 0 radical (unpaired) electrons. The molecule has 166 valence electrons. The number of ether oxygens (including phenoxy) is 3. The van der Waals surface area contributed by atoms with Crippen LogP contribution < -0.4 is 24.5 Å². The number of carbonyl (C=O) groups excluding carboxylic acids is 1. The van der Waals surface area contributed by atoms with Gasteiger partial charge in [-0.25, -0.2) is 0 Å². The third kappa shape index (κ3) is 3.47. The maximum absolute atomic E-state index is 13.7. The molecule has 0 saturated carbocycles. The van der Waals surface area contributed by atoms with Crippen LogP contribution in [0.25, 0.3) is 22.0 Å². The first-order valence-corrected chi connectivity index (χ1v) is 10.6. The number of nitrogens with one attached hydrogen (secondary N) is 1. The quantitative estimate of drug-likeness (QED) is 0.489. The molecule has 0 aliphatic carbocycles. The lowest BCUT2D eigenvalue weighted by Crippen LogP contribution is -2.29. The van der Waals surface area contributed by atoms with E-state index in [0.29, 0.717) is 51.6 Å². The van der Waals surface area contributed by atoms with E-state index in [4.69, 9.17) is 14.2 Å². The zero-order chi connectivity index (χ0) is 22.9. The third-order valence-corrected chi connectivity index (χ3v) is 5.65. The Morgan fingerprint density at radius 1 is 1.12 bits per heavy atom. The number of anilines is 1. The summed E-state index contributed by atoms with van der Waals surface area (Å²) in [5.74, 6) is 1.35. The molecule has 33 heavy (non-hydrogen) atoms. The number of rotatable bonds is 5. The largest absolute Gasteiger partial charge is 0.497 e. The number of hydrogen-bond acceptors (Lipinski definition) is 5. The van der Waals surface area contributed by atoms with Crippen LogP contribution in [0.4, 0.5) is 5.69 Å². The van der Waals surface area contributed by atoms with Crippen molar-refractivity contribution >= 4 is 22.5 Å². The predicted octanol–water partition coefficient (Wildman–Crippen LogP) is 4.60. The molecule has 0 bridgehead atoms. The molecule has 1 N–H and O–H groups in total. The Kier molecular flexibility index (Phi) is 5.22. The van der Waals surface area contributed by atoms with E-state index in [1.807, 2.05) is 37.3 Å². The monoisotopic (exact) mass is 442 g/mol. The van der Waals surface area contributed by atoms with Gasteiger partial charge < -0.3 is 19.2 Å². The molecule has 7 nitrogen and oxygen atoms in total. The lowest BCUT2D eigenvalue weighted by atomic mass is 10.0. The third-order valence-electron chi connectivity index (χ3n) is 5.65. The Labute approximate surface area is 190 Å². The number of benzene rings is 3. The molecule has 0 spiro atoms. The summed E-state index contributed by atoms with van der Waals surface area (Å²) in [7, 11) is 1.59. The topological polar surface area (TPSA) is 80.9 Å². The fraction of sp³-hybridized carbons (Fsp3) is 0.154. The van der Waals surface area contributed by atoms with Crippen molar-refractivity contribution in [2.45, 2.75) is 6.92 Å². The molecule has 5 rings (SSSR count). The first kappa shape index (κ1) is 20.6. The number of aromatic amines is 1. The van der Waals surface area contributed by atoms with Crippen molar-refractivity contribution in [1.82, 2.24) is 4.98 Å². The van der Waals surface area contributed by atoms with Crippen LogP contribution in [0, 0.1) is 0 Å². The molecule has 1 amide bonds. The number of aromatic nitrogens is 1. The van der Waals surface area contributed by atoms with Crippen LogP contribution in [-0.2, 0) is 0 Å². The standard InChI is InChI=1S/C26H22N2O5/c1-3-32-21-13-20-25(33-15-28(20)26(30)17-7-5-4-6-8-17)22-23(21)27-14-19(24(22)29)16-9-11-18(31-2)12-10-16/h4-14H,3,15H2,1-2H3,(H,27,29). The highest BCUT2D eigenvalue weighted by Crippen LogP contribution is 2.44. The van der Waals surface area contributed by atoms with Crippen molar-refractivity contribution in [3.05, 3.63) is 82.6 Å². The second kappa shape index (κ2) is 8.35. The summed E-state index contributed by atoms with van der Waals surface area (Å²) in [6.45, 7) is 2.29. The van der Waals surface area contributed by atoms with Crippen molar-refractivity contribution in [1.29, 1.82) is 0 Å². The molecule has 0 fully saturated rings. The number of carbonyl (C=O) groups is 1. The summed E-state index contributed by atoms with van der Waals surface area (Å²) in [5.41, 5.74) is 2.60. The lowest BCUT2D eigenvalue weighted by Gasteiger charge is -2.16. The van der Waals surface area contributed by atoms with Gasteiger partial charge in [-0.2, -0.15) is 0 Å². The van der Waals surface area contributed by atoms with Crippen molar-refractivity contribution < 1.29 is 19.0 Å². The molecule has 0 unspecified atom stereocenters. The van der Waals surface area contributed by atoms with Gasteiger partial charge in [0.15, 0.2) is 12.5 Å². The molecule has 1 aliphatic rings. The molecule has 4 aromatic rings. The SMILES string of the molecule is CCOc1cc2c(c3c(=O)c(-c4ccc(OC)cc4)c[nH]c13)OCN2C(=O)c1ccccc1. The summed E-state index contributed by atoms with van der Waals surface area (Å²) in [5, 5.41) is 0.354. The van der Waals surface area contributed by atoms with Gasteiger partial charge >= 0.3 is 0 Å². The van der Waals surface area contributed by atoms with Gasteiger partial charge in [-0.1, -0.05) is 30.3 Å². The zero-order valence-corrected chi connectivity index (χ0v) is 18.3. The fourth-order valence-electron chi connectivity index (χ4n) is 4.04. The molecular weight excluding hydrogens is 420 g/mol. The molecule has 2 heterocycles. The normalized spacial score (nSPS) is 12.4. The van der Waals surface area contributed by atoms with E-state index in [9.17, 15) is 9.59 Å². The smallest absolute Gasteiger partial charge is 0.261 e. The first-order valence-electron chi connectivity index (χ1n) is 10.6. The Morgan fingerprint density at radius 2 is 1.88 bits per heavy atom. The van der Waals surface area contributed by atoms with E-state index in [2.05, 4.69) is 4.98 Å². The number of fused-ring (bicyclic) bond motifs is 3. The maximum Gasteiger partial charge on any atom is 0.261 e. The van der Waals surface area contributed by atoms with E-state index in [1.165, 1.54) is 4.90 Å². The predicted molar refractivity (Wildman–Crippen MR) is 126 cm³/mol. The van der Waals surface area contributed by atoms with E-state index in [1.54, 1.807) is 43.6 Å². The maximum atomic E-state index is 13.7. The second-order valence-electron chi connectivity index (χ2n) is 7.54. The van der Waals surface area contributed by atoms with Gasteiger partial charge in [-0.05, 0) is 36.8 Å². The van der Waals surface area contributed by atoms with Crippen LogP contribution >= 0.6 is 0 Å². The Morgan fingerprint density at radius 3 is 2.58 bits per heavy atom. The first-order chi connectivity index (χ1) is 16.1. The average Bonchev–Trinajstić information content (AvgIpc) is 3.28. The van der Waals surface area contributed by atoms with Crippen LogP contribution in [-0.4, -0.2) is 31.3 Å². The van der Waals surface area contributed by atoms with Crippen LogP contribution in [0.3, 0.4) is 0 Å². The highest BCUT2D eigenvalue weighted by atomic mass is 16.5.